The fourth-order valence-corrected chi connectivity index (χ4v) is 3.06. The quantitative estimate of drug-likeness (QED) is 0.736. The van der Waals surface area contributed by atoms with Crippen molar-refractivity contribution in [3.63, 3.8) is 0 Å². The molecule has 0 fully saturated rings. The van der Waals surface area contributed by atoms with Gasteiger partial charge in [0.25, 0.3) is 5.91 Å². The number of hydrogen-bond acceptors (Lipinski definition) is 3. The van der Waals surface area contributed by atoms with Crippen molar-refractivity contribution in [2.24, 2.45) is 0 Å². The van der Waals surface area contributed by atoms with Crippen LogP contribution in [-0.4, -0.2) is 22.8 Å². The molecule has 19 heavy (non-hydrogen) atoms. The lowest BCUT2D eigenvalue weighted by molar-refractivity contribution is 0.0779. The van der Waals surface area contributed by atoms with Crippen LogP contribution >= 0.6 is 50.5 Å². The number of thiophene rings is 1. The van der Waals surface area contributed by atoms with Gasteiger partial charge in [0.15, 0.2) is 0 Å². The van der Waals surface area contributed by atoms with Crippen molar-refractivity contribution in [2.75, 3.05) is 7.05 Å². The van der Waals surface area contributed by atoms with Gasteiger partial charge in [-0.05, 0) is 45.1 Å². The third-order valence-corrected chi connectivity index (χ3v) is 4.47. The van der Waals surface area contributed by atoms with Gasteiger partial charge in [-0.15, -0.1) is 11.3 Å². The van der Waals surface area contributed by atoms with E-state index in [0.717, 1.165) is 9.35 Å². The Labute approximate surface area is 133 Å². The first-order valence-electron chi connectivity index (χ1n) is 5.28. The summed E-state index contributed by atoms with van der Waals surface area (Å²) in [4.78, 5) is 17.8. The molecule has 0 saturated carbocycles. The van der Waals surface area contributed by atoms with Crippen LogP contribution in [0.4, 0.5) is 0 Å². The van der Waals surface area contributed by atoms with Crippen molar-refractivity contribution >= 4 is 56.4 Å². The van der Waals surface area contributed by atoms with Gasteiger partial charge in [-0.25, -0.2) is 4.98 Å². The van der Waals surface area contributed by atoms with E-state index in [2.05, 4.69) is 20.9 Å². The molecule has 0 atom stereocenters. The van der Waals surface area contributed by atoms with E-state index < -0.39 is 0 Å². The van der Waals surface area contributed by atoms with Gasteiger partial charge in [0.2, 0.25) is 0 Å². The summed E-state index contributed by atoms with van der Waals surface area (Å²) < 4.78 is 1.03. The molecule has 0 unspecified atom stereocenters. The summed E-state index contributed by atoms with van der Waals surface area (Å²) in [5.74, 6) is -0.255. The monoisotopic (exact) mass is 378 g/mol. The van der Waals surface area contributed by atoms with Crippen LogP contribution < -0.4 is 0 Å². The Hall–Kier alpha value is -0.620. The molecule has 0 N–H and O–H groups in total. The number of amides is 1. The van der Waals surface area contributed by atoms with Crippen LogP contribution in [0.15, 0.2) is 27.4 Å². The minimum atomic E-state index is -0.255. The number of nitrogens with zero attached hydrogens (tertiary/aromatic N) is 2. The second kappa shape index (κ2) is 6.22. The van der Waals surface area contributed by atoms with E-state index in [9.17, 15) is 4.79 Å². The highest BCUT2D eigenvalue weighted by atomic mass is 79.9. The van der Waals surface area contributed by atoms with E-state index in [1.807, 2.05) is 11.4 Å². The Bertz CT molecular complexity index is 618. The zero-order valence-electron chi connectivity index (χ0n) is 9.86. The molecule has 0 radical (unpaired) electrons. The number of carbonyl (C=O) groups is 1. The molecule has 7 heteroatoms. The average Bonchev–Trinajstić information content (AvgIpc) is 2.77. The fourth-order valence-electron chi connectivity index (χ4n) is 1.52. The van der Waals surface area contributed by atoms with Crippen molar-refractivity contribution in [2.45, 2.75) is 6.54 Å². The predicted molar refractivity (Wildman–Crippen MR) is 82.1 cm³/mol. The average molecular weight is 380 g/mol. The molecular formula is C12H9BrCl2N2OS. The summed E-state index contributed by atoms with van der Waals surface area (Å²) in [5, 5.41) is 2.54. The van der Waals surface area contributed by atoms with E-state index >= 15 is 0 Å². The summed E-state index contributed by atoms with van der Waals surface area (Å²) in [6.45, 7) is 0.492. The second-order valence-corrected chi connectivity index (χ2v) is 6.97. The van der Waals surface area contributed by atoms with Crippen molar-refractivity contribution in [1.82, 2.24) is 9.88 Å². The van der Waals surface area contributed by atoms with Crippen LogP contribution in [0, 0.1) is 0 Å². The van der Waals surface area contributed by atoms with Crippen LogP contribution in [0.1, 0.15) is 16.1 Å². The Morgan fingerprint density at radius 2 is 2.21 bits per heavy atom. The highest BCUT2D eigenvalue weighted by Gasteiger charge is 2.18. The van der Waals surface area contributed by atoms with Gasteiger partial charge in [-0.1, -0.05) is 23.2 Å². The van der Waals surface area contributed by atoms with Gasteiger partial charge < -0.3 is 4.90 Å². The molecule has 0 bridgehead atoms. The van der Waals surface area contributed by atoms with Gasteiger partial charge in [0, 0.05) is 13.6 Å². The maximum absolute atomic E-state index is 12.2. The fraction of sp³-hybridized carbons (Fsp3) is 0.167. The lowest BCUT2D eigenvalue weighted by Crippen LogP contribution is -2.27. The molecular weight excluding hydrogens is 371 g/mol. The largest absolute Gasteiger partial charge is 0.336 e. The number of halogens is 3. The molecule has 0 spiro atoms. The standard InChI is InChI=1S/C12H9BrCl2N2OS/c1-17(5-7-4-9(13)19-6-7)12(18)11-8(14)2-3-10(15)16-11/h2-4,6H,5H2,1H3. The molecule has 2 aromatic heterocycles. The van der Waals surface area contributed by atoms with Crippen molar-refractivity contribution in [1.29, 1.82) is 0 Å². The van der Waals surface area contributed by atoms with Crippen molar-refractivity contribution in [3.8, 4) is 0 Å². The van der Waals surface area contributed by atoms with Gasteiger partial charge >= 0.3 is 0 Å². The van der Waals surface area contributed by atoms with E-state index in [-0.39, 0.29) is 16.8 Å². The number of hydrogen-bond donors (Lipinski definition) is 0. The first-order valence-corrected chi connectivity index (χ1v) is 7.70. The summed E-state index contributed by atoms with van der Waals surface area (Å²) in [7, 11) is 1.70. The predicted octanol–water partition coefficient (Wildman–Crippen LogP) is 4.48. The summed E-state index contributed by atoms with van der Waals surface area (Å²) >= 11 is 16.7. The summed E-state index contributed by atoms with van der Waals surface area (Å²) in [6.07, 6.45) is 0. The number of rotatable bonds is 3. The summed E-state index contributed by atoms with van der Waals surface area (Å²) in [5.41, 5.74) is 1.22. The van der Waals surface area contributed by atoms with E-state index in [0.29, 0.717) is 11.6 Å². The van der Waals surface area contributed by atoms with Gasteiger partial charge in [0.05, 0.1) is 8.81 Å². The Balaban J connectivity index is 2.16. The van der Waals surface area contributed by atoms with Gasteiger partial charge in [0.1, 0.15) is 10.8 Å². The van der Waals surface area contributed by atoms with Crippen LogP contribution in [0.5, 0.6) is 0 Å². The minimum Gasteiger partial charge on any atom is -0.336 e. The SMILES string of the molecule is CN(Cc1csc(Br)c1)C(=O)c1nc(Cl)ccc1Cl. The Kier molecular flexibility index (Phi) is 4.84. The van der Waals surface area contributed by atoms with Crippen LogP contribution in [0.2, 0.25) is 10.2 Å². The molecule has 0 aromatic carbocycles. The normalized spacial score (nSPS) is 10.5. The molecule has 0 saturated heterocycles. The summed E-state index contributed by atoms with van der Waals surface area (Å²) in [6, 6.07) is 5.09. The molecule has 1 amide bonds. The smallest absolute Gasteiger partial charge is 0.274 e. The van der Waals surface area contributed by atoms with Crippen molar-refractivity contribution in [3.05, 3.63) is 48.8 Å². The molecule has 2 heterocycles. The van der Waals surface area contributed by atoms with Crippen LogP contribution in [0.3, 0.4) is 0 Å². The lowest BCUT2D eigenvalue weighted by Gasteiger charge is -2.16. The van der Waals surface area contributed by atoms with Gasteiger partial charge in [-0.2, -0.15) is 0 Å². The molecule has 100 valence electrons. The second-order valence-electron chi connectivity index (χ2n) is 3.88. The molecule has 2 rings (SSSR count). The van der Waals surface area contributed by atoms with E-state index in [1.54, 1.807) is 35.4 Å². The first-order chi connectivity index (χ1) is 8.97. The molecule has 0 aliphatic heterocycles. The lowest BCUT2D eigenvalue weighted by atomic mass is 10.3. The van der Waals surface area contributed by atoms with Crippen molar-refractivity contribution < 1.29 is 4.79 Å². The zero-order chi connectivity index (χ0) is 14.0. The van der Waals surface area contributed by atoms with Gasteiger partial charge in [-0.3, -0.25) is 4.79 Å². The highest BCUT2D eigenvalue weighted by Crippen LogP contribution is 2.23. The van der Waals surface area contributed by atoms with E-state index in [1.165, 1.54) is 0 Å². The molecule has 3 nitrogen and oxygen atoms in total. The number of pyridine rings is 1. The Morgan fingerprint density at radius 3 is 2.84 bits per heavy atom. The number of carbonyl (C=O) groups excluding carboxylic acids is 1. The highest BCUT2D eigenvalue weighted by molar-refractivity contribution is 9.11. The topological polar surface area (TPSA) is 33.2 Å². The third-order valence-electron chi connectivity index (χ3n) is 2.40. The van der Waals surface area contributed by atoms with E-state index in [4.69, 9.17) is 23.2 Å². The molecule has 2 aromatic rings. The van der Waals surface area contributed by atoms with Crippen LogP contribution in [-0.2, 0) is 6.54 Å². The Morgan fingerprint density at radius 1 is 1.47 bits per heavy atom. The maximum Gasteiger partial charge on any atom is 0.274 e. The third kappa shape index (κ3) is 3.69. The minimum absolute atomic E-state index is 0.172. The number of aromatic nitrogens is 1. The zero-order valence-corrected chi connectivity index (χ0v) is 13.8. The maximum atomic E-state index is 12.2. The van der Waals surface area contributed by atoms with Crippen LogP contribution in [0.25, 0.3) is 0 Å². The molecule has 0 aliphatic rings. The first kappa shape index (κ1) is 14.8. The molecule has 0 aliphatic carbocycles.